The number of hydrogen-bond donors (Lipinski definition) is 1. The standard InChI is InChI=1S/C32H27Cl2N3O2/c33-27-17-23-9-11-24(35-29(23)18-28(27)34)10-8-21-4-3-5-22(16-21)19-37-30-7-2-1-6-25(30)26-20-36(14-12-31(26)37)15-13-32(38)39/h1-11,16-18H,12-15,19-20H2,(H,38,39)/b10-8+. The summed E-state index contributed by atoms with van der Waals surface area (Å²) < 4.78 is 2.43. The molecule has 0 atom stereocenters. The normalized spacial score (nSPS) is 13.9. The van der Waals surface area contributed by atoms with Gasteiger partial charge >= 0.3 is 5.97 Å². The second-order valence-electron chi connectivity index (χ2n) is 9.97. The largest absolute Gasteiger partial charge is 0.481 e. The van der Waals surface area contributed by atoms with Crippen LogP contribution < -0.4 is 0 Å². The van der Waals surface area contributed by atoms with Crippen LogP contribution in [0, 0.1) is 0 Å². The molecule has 1 N–H and O–H groups in total. The van der Waals surface area contributed by atoms with Gasteiger partial charge in [-0.3, -0.25) is 9.69 Å². The van der Waals surface area contributed by atoms with E-state index in [9.17, 15) is 4.79 Å². The van der Waals surface area contributed by atoms with Gasteiger partial charge in [0.25, 0.3) is 0 Å². The fourth-order valence-electron chi connectivity index (χ4n) is 5.47. The highest BCUT2D eigenvalue weighted by atomic mass is 35.5. The van der Waals surface area contributed by atoms with E-state index in [4.69, 9.17) is 33.3 Å². The van der Waals surface area contributed by atoms with E-state index in [0.29, 0.717) is 16.6 Å². The maximum Gasteiger partial charge on any atom is 0.304 e. The molecule has 0 saturated heterocycles. The van der Waals surface area contributed by atoms with E-state index in [1.165, 1.54) is 27.7 Å². The van der Waals surface area contributed by atoms with Crippen LogP contribution in [0.5, 0.6) is 0 Å². The topological polar surface area (TPSA) is 58.4 Å². The Morgan fingerprint density at radius 1 is 0.974 bits per heavy atom. The Hall–Kier alpha value is -3.64. The minimum absolute atomic E-state index is 0.172. The number of benzene rings is 3. The summed E-state index contributed by atoms with van der Waals surface area (Å²) in [6.45, 7) is 3.01. The monoisotopic (exact) mass is 555 g/mol. The van der Waals surface area contributed by atoms with Crippen molar-refractivity contribution in [3.63, 3.8) is 0 Å². The molecule has 0 bridgehead atoms. The molecule has 0 saturated carbocycles. The van der Waals surface area contributed by atoms with Gasteiger partial charge in [-0.15, -0.1) is 0 Å². The third-order valence-corrected chi connectivity index (χ3v) is 8.10. The van der Waals surface area contributed by atoms with Gasteiger partial charge in [0.2, 0.25) is 0 Å². The smallest absolute Gasteiger partial charge is 0.304 e. The zero-order valence-electron chi connectivity index (χ0n) is 21.3. The number of carboxylic acid groups (broad SMARTS) is 1. The molecule has 6 rings (SSSR count). The molecule has 7 heteroatoms. The first-order valence-corrected chi connectivity index (χ1v) is 13.8. The molecule has 1 aliphatic rings. The Kier molecular flexibility index (Phi) is 7.13. The second kappa shape index (κ2) is 10.9. The minimum atomic E-state index is -0.747. The van der Waals surface area contributed by atoms with E-state index in [-0.39, 0.29) is 6.42 Å². The number of carboxylic acids is 1. The quantitative estimate of drug-likeness (QED) is 0.225. The van der Waals surface area contributed by atoms with Crippen molar-refractivity contribution >= 4 is 63.1 Å². The van der Waals surface area contributed by atoms with Crippen molar-refractivity contribution in [1.82, 2.24) is 14.5 Å². The van der Waals surface area contributed by atoms with E-state index in [0.717, 1.165) is 48.2 Å². The first-order chi connectivity index (χ1) is 18.9. The van der Waals surface area contributed by atoms with Gasteiger partial charge in [-0.1, -0.05) is 71.7 Å². The average Bonchev–Trinajstić information content (AvgIpc) is 3.24. The lowest BCUT2D eigenvalue weighted by Gasteiger charge is -2.27. The fraction of sp³-hybridized carbons (Fsp3) is 0.188. The molecule has 5 nitrogen and oxygen atoms in total. The van der Waals surface area contributed by atoms with Gasteiger partial charge in [0.1, 0.15) is 0 Å². The van der Waals surface area contributed by atoms with E-state index < -0.39 is 5.97 Å². The molecule has 2 aromatic heterocycles. The Morgan fingerprint density at radius 3 is 2.69 bits per heavy atom. The van der Waals surface area contributed by atoms with Crippen molar-refractivity contribution in [3.8, 4) is 0 Å². The van der Waals surface area contributed by atoms with Crippen molar-refractivity contribution < 1.29 is 9.90 Å². The number of rotatable bonds is 7. The molecular formula is C32H27Cl2N3O2. The predicted molar refractivity (Wildman–Crippen MR) is 159 cm³/mol. The molecule has 196 valence electrons. The van der Waals surface area contributed by atoms with Crippen LogP contribution in [0.25, 0.3) is 34.0 Å². The van der Waals surface area contributed by atoms with Gasteiger partial charge in [-0.25, -0.2) is 4.98 Å². The molecule has 0 fully saturated rings. The Labute approximate surface area is 236 Å². The van der Waals surface area contributed by atoms with E-state index in [1.54, 1.807) is 6.07 Å². The zero-order chi connectivity index (χ0) is 26.9. The van der Waals surface area contributed by atoms with Crippen LogP contribution in [-0.4, -0.2) is 38.6 Å². The third kappa shape index (κ3) is 5.44. The van der Waals surface area contributed by atoms with Gasteiger partial charge < -0.3 is 9.67 Å². The number of para-hydroxylation sites is 1. The molecule has 0 aliphatic carbocycles. The molecule has 3 heterocycles. The summed E-state index contributed by atoms with van der Waals surface area (Å²) in [6, 6.07) is 24.7. The van der Waals surface area contributed by atoms with Gasteiger partial charge in [0.05, 0.1) is 27.7 Å². The first kappa shape index (κ1) is 25.6. The SMILES string of the molecule is O=C(O)CCN1CCc2c(c3ccccc3n2Cc2cccc(/C=C/c3ccc4cc(Cl)c(Cl)cc4n3)c2)C1. The second-order valence-corrected chi connectivity index (χ2v) is 10.8. The molecule has 3 aromatic carbocycles. The highest BCUT2D eigenvalue weighted by Gasteiger charge is 2.24. The molecule has 0 radical (unpaired) electrons. The molecule has 0 unspecified atom stereocenters. The van der Waals surface area contributed by atoms with Gasteiger partial charge in [-0.05, 0) is 53.1 Å². The van der Waals surface area contributed by atoms with Crippen molar-refractivity contribution in [3.05, 3.63) is 111 Å². The number of pyridine rings is 1. The average molecular weight is 556 g/mol. The van der Waals surface area contributed by atoms with Crippen LogP contribution in [-0.2, 0) is 24.3 Å². The van der Waals surface area contributed by atoms with Crippen LogP contribution in [0.1, 0.15) is 34.5 Å². The molecule has 0 amide bonds. The van der Waals surface area contributed by atoms with Crippen LogP contribution >= 0.6 is 23.2 Å². The van der Waals surface area contributed by atoms with Gasteiger partial charge in [0, 0.05) is 54.6 Å². The van der Waals surface area contributed by atoms with Crippen LogP contribution in [0.3, 0.4) is 0 Å². The summed E-state index contributed by atoms with van der Waals surface area (Å²) >= 11 is 12.3. The number of nitrogens with zero attached hydrogens (tertiary/aromatic N) is 3. The minimum Gasteiger partial charge on any atom is -0.481 e. The summed E-state index contributed by atoms with van der Waals surface area (Å²) in [6.07, 6.45) is 5.18. The summed E-state index contributed by atoms with van der Waals surface area (Å²) in [7, 11) is 0. The Balaban J connectivity index is 1.26. The lowest BCUT2D eigenvalue weighted by molar-refractivity contribution is -0.137. The molecular weight excluding hydrogens is 529 g/mol. The highest BCUT2D eigenvalue weighted by Crippen LogP contribution is 2.32. The summed E-state index contributed by atoms with van der Waals surface area (Å²) in [4.78, 5) is 18.1. The van der Waals surface area contributed by atoms with E-state index >= 15 is 0 Å². The molecule has 1 aliphatic heterocycles. The van der Waals surface area contributed by atoms with Crippen LogP contribution in [0.15, 0.2) is 72.8 Å². The number of carbonyl (C=O) groups is 1. The maximum atomic E-state index is 11.1. The van der Waals surface area contributed by atoms with Crippen molar-refractivity contribution in [1.29, 1.82) is 0 Å². The third-order valence-electron chi connectivity index (χ3n) is 7.37. The van der Waals surface area contributed by atoms with Crippen molar-refractivity contribution in [2.45, 2.75) is 25.9 Å². The van der Waals surface area contributed by atoms with Crippen LogP contribution in [0.4, 0.5) is 0 Å². The number of aromatic nitrogens is 2. The molecule has 39 heavy (non-hydrogen) atoms. The Bertz CT molecular complexity index is 1740. The first-order valence-electron chi connectivity index (χ1n) is 13.0. The zero-order valence-corrected chi connectivity index (χ0v) is 22.8. The molecule has 5 aromatic rings. The lowest BCUT2D eigenvalue weighted by atomic mass is 10.0. The van der Waals surface area contributed by atoms with E-state index in [1.807, 2.05) is 24.3 Å². The number of halogens is 2. The van der Waals surface area contributed by atoms with Crippen LogP contribution in [0.2, 0.25) is 10.0 Å². The number of hydrogen-bond acceptors (Lipinski definition) is 3. The lowest BCUT2D eigenvalue weighted by Crippen LogP contribution is -2.32. The number of aliphatic carboxylic acids is 1. The number of fused-ring (bicyclic) bond motifs is 4. The fourth-order valence-corrected chi connectivity index (χ4v) is 5.80. The maximum absolute atomic E-state index is 11.1. The summed E-state index contributed by atoms with van der Waals surface area (Å²) in [5.74, 6) is -0.747. The Morgan fingerprint density at radius 2 is 1.82 bits per heavy atom. The van der Waals surface area contributed by atoms with Crippen molar-refractivity contribution in [2.75, 3.05) is 13.1 Å². The van der Waals surface area contributed by atoms with Gasteiger partial charge in [-0.2, -0.15) is 0 Å². The van der Waals surface area contributed by atoms with Crippen molar-refractivity contribution in [2.24, 2.45) is 0 Å². The highest BCUT2D eigenvalue weighted by molar-refractivity contribution is 6.42. The predicted octanol–water partition coefficient (Wildman–Crippen LogP) is 7.55. The van der Waals surface area contributed by atoms with E-state index in [2.05, 4.69) is 64.1 Å². The molecule has 0 spiro atoms. The van der Waals surface area contributed by atoms with Gasteiger partial charge in [0.15, 0.2) is 0 Å². The summed E-state index contributed by atoms with van der Waals surface area (Å²) in [5, 5.41) is 12.4. The summed E-state index contributed by atoms with van der Waals surface area (Å²) in [5.41, 5.74) is 7.89.